The van der Waals surface area contributed by atoms with Crippen LogP contribution in [-0.2, 0) is 30.5 Å². The van der Waals surface area contributed by atoms with Gasteiger partial charge in [0.05, 0.1) is 18.8 Å². The Balaban J connectivity index is 2.37. The van der Waals surface area contributed by atoms with Crippen LogP contribution in [-0.4, -0.2) is 83.1 Å². The van der Waals surface area contributed by atoms with Gasteiger partial charge in [0.2, 0.25) is 23.6 Å². The normalized spacial score (nSPS) is 21.8. The van der Waals surface area contributed by atoms with Crippen LogP contribution in [0.2, 0.25) is 0 Å². The van der Waals surface area contributed by atoms with Crippen LogP contribution in [0.4, 0.5) is 0 Å². The summed E-state index contributed by atoms with van der Waals surface area (Å²) >= 11 is 0. The van der Waals surface area contributed by atoms with E-state index in [0.717, 1.165) is 4.90 Å². The molecule has 1 aromatic rings. The van der Waals surface area contributed by atoms with Crippen molar-refractivity contribution in [3.63, 3.8) is 0 Å². The predicted octanol–water partition coefficient (Wildman–Crippen LogP) is -1.56. The number of carboxylic acids is 1. The highest BCUT2D eigenvalue weighted by Gasteiger charge is 2.31. The van der Waals surface area contributed by atoms with Crippen LogP contribution in [0.5, 0.6) is 0 Å². The molecule has 5 amide bonds. The first kappa shape index (κ1) is 29.7. The average molecular weight is 532 g/mol. The van der Waals surface area contributed by atoms with E-state index in [9.17, 15) is 33.9 Å². The first-order valence-electron chi connectivity index (χ1n) is 11.9. The predicted molar refractivity (Wildman–Crippen MR) is 135 cm³/mol. The van der Waals surface area contributed by atoms with Gasteiger partial charge in [0, 0.05) is 25.6 Å². The van der Waals surface area contributed by atoms with Gasteiger partial charge in [-0.3, -0.25) is 34.2 Å². The van der Waals surface area contributed by atoms with E-state index in [4.69, 9.17) is 11.1 Å². The van der Waals surface area contributed by atoms with Crippen molar-refractivity contribution in [1.82, 2.24) is 26.2 Å². The van der Waals surface area contributed by atoms with Crippen molar-refractivity contribution in [3.05, 3.63) is 35.4 Å². The second kappa shape index (κ2) is 13.7. The van der Waals surface area contributed by atoms with Crippen LogP contribution in [0.3, 0.4) is 0 Å². The largest absolute Gasteiger partial charge is 0.481 e. The van der Waals surface area contributed by atoms with E-state index in [1.807, 2.05) is 0 Å². The van der Waals surface area contributed by atoms with Crippen molar-refractivity contribution >= 4 is 41.3 Å². The molecule has 206 valence electrons. The summed E-state index contributed by atoms with van der Waals surface area (Å²) in [7, 11) is 1.38. The number of hydrogen-bond donors (Lipinski definition) is 7. The standard InChI is InChI=1S/C24H33N7O7/c1-13-24(38)31(2)17(7-4-8-18(25)26)23(37)28-12-19(32)30-16(10-20(33)34)22(36)27-11-14-5-3-6-15(9-14)21(35)29-13/h3,5-6,9,13,16-17H,4,7-8,10-12H2,1-2H3,(H3,25,26)(H,27,36)(H,28,37)(H,29,35)(H,30,32)(H,33,34)/t13-,16+,17+/m1/s1. The number of carbonyl (C=O) groups is 6. The molecule has 0 fully saturated rings. The summed E-state index contributed by atoms with van der Waals surface area (Å²) in [5.74, 6) is -4.78. The van der Waals surface area contributed by atoms with Crippen molar-refractivity contribution < 1.29 is 33.9 Å². The molecule has 0 spiro atoms. The monoisotopic (exact) mass is 531 g/mol. The molecule has 14 heteroatoms. The Hall–Kier alpha value is -4.49. The number of likely N-dealkylation sites (N-methyl/N-ethyl adjacent to an activating group) is 1. The Bertz CT molecular complexity index is 1110. The summed E-state index contributed by atoms with van der Waals surface area (Å²) in [5.41, 5.74) is 6.14. The van der Waals surface area contributed by atoms with E-state index in [0.29, 0.717) is 12.0 Å². The fourth-order valence-electron chi connectivity index (χ4n) is 3.84. The molecule has 2 rings (SSSR count). The third-order valence-electron chi connectivity index (χ3n) is 5.87. The van der Waals surface area contributed by atoms with Gasteiger partial charge in [0.1, 0.15) is 18.1 Å². The van der Waals surface area contributed by atoms with Gasteiger partial charge in [-0.15, -0.1) is 0 Å². The zero-order chi connectivity index (χ0) is 28.4. The highest BCUT2D eigenvalue weighted by atomic mass is 16.4. The lowest BCUT2D eigenvalue weighted by molar-refractivity contribution is -0.141. The molecule has 0 aliphatic carbocycles. The lowest BCUT2D eigenvalue weighted by Crippen LogP contribution is -2.55. The number of amidine groups is 1. The molecule has 38 heavy (non-hydrogen) atoms. The number of nitrogens with zero attached hydrogens (tertiary/aromatic N) is 1. The van der Waals surface area contributed by atoms with Gasteiger partial charge in [0.15, 0.2) is 0 Å². The highest BCUT2D eigenvalue weighted by molar-refractivity contribution is 5.99. The number of rotatable bonds is 6. The third-order valence-corrected chi connectivity index (χ3v) is 5.87. The molecule has 0 radical (unpaired) electrons. The Morgan fingerprint density at radius 1 is 1.11 bits per heavy atom. The van der Waals surface area contributed by atoms with E-state index in [1.54, 1.807) is 12.1 Å². The Morgan fingerprint density at radius 3 is 2.45 bits per heavy atom. The number of nitrogens with one attached hydrogen (secondary N) is 5. The number of hydrogen-bond acceptors (Lipinski definition) is 7. The third kappa shape index (κ3) is 8.87. The Morgan fingerprint density at radius 2 is 1.79 bits per heavy atom. The molecular formula is C24H33N7O7. The molecule has 0 unspecified atom stereocenters. The molecule has 1 aliphatic heterocycles. The number of aliphatic carboxylic acids is 1. The maximum atomic E-state index is 13.1. The Labute approximate surface area is 219 Å². The second-order valence-electron chi connectivity index (χ2n) is 8.93. The van der Waals surface area contributed by atoms with Crippen LogP contribution in [0.1, 0.15) is 48.5 Å². The molecule has 3 atom stereocenters. The van der Waals surface area contributed by atoms with Gasteiger partial charge in [0.25, 0.3) is 5.91 Å². The lowest BCUT2D eigenvalue weighted by Gasteiger charge is -2.30. The summed E-state index contributed by atoms with van der Waals surface area (Å²) in [6.07, 6.45) is -0.106. The van der Waals surface area contributed by atoms with E-state index in [2.05, 4.69) is 21.3 Å². The zero-order valence-electron chi connectivity index (χ0n) is 21.2. The summed E-state index contributed by atoms with van der Waals surface area (Å²) < 4.78 is 0. The van der Waals surface area contributed by atoms with Gasteiger partial charge in [-0.05, 0) is 37.5 Å². The smallest absolute Gasteiger partial charge is 0.305 e. The van der Waals surface area contributed by atoms with Crippen LogP contribution in [0.25, 0.3) is 0 Å². The number of fused-ring (bicyclic) bond motifs is 2. The van der Waals surface area contributed by atoms with Crippen LogP contribution in [0, 0.1) is 5.41 Å². The van der Waals surface area contributed by atoms with E-state index in [1.165, 1.54) is 26.1 Å². The van der Waals surface area contributed by atoms with E-state index in [-0.39, 0.29) is 30.8 Å². The second-order valence-corrected chi connectivity index (χ2v) is 8.93. The molecule has 0 aromatic heterocycles. The van der Waals surface area contributed by atoms with E-state index < -0.39 is 66.6 Å². The van der Waals surface area contributed by atoms with Gasteiger partial charge >= 0.3 is 5.97 Å². The summed E-state index contributed by atoms with van der Waals surface area (Å²) in [6, 6.07) is 2.77. The lowest BCUT2D eigenvalue weighted by atomic mass is 10.1. The minimum absolute atomic E-state index is 0.0537. The first-order valence-corrected chi connectivity index (χ1v) is 11.9. The van der Waals surface area contributed by atoms with Gasteiger partial charge < -0.3 is 37.0 Å². The first-order chi connectivity index (χ1) is 17.9. The quantitative estimate of drug-likeness (QED) is 0.167. The molecule has 0 saturated carbocycles. The molecule has 2 bridgehead atoms. The van der Waals surface area contributed by atoms with Gasteiger partial charge in [-0.25, -0.2) is 0 Å². The number of benzene rings is 1. The molecular weight excluding hydrogens is 498 g/mol. The minimum Gasteiger partial charge on any atom is -0.481 e. The maximum Gasteiger partial charge on any atom is 0.305 e. The fourth-order valence-corrected chi connectivity index (χ4v) is 3.84. The fraction of sp³-hybridized carbons (Fsp3) is 0.458. The van der Waals surface area contributed by atoms with Crippen LogP contribution >= 0.6 is 0 Å². The van der Waals surface area contributed by atoms with Gasteiger partial charge in [-0.2, -0.15) is 0 Å². The summed E-state index contributed by atoms with van der Waals surface area (Å²) in [4.78, 5) is 76.4. The molecule has 1 aromatic carbocycles. The molecule has 14 nitrogen and oxygen atoms in total. The highest BCUT2D eigenvalue weighted by Crippen LogP contribution is 2.11. The zero-order valence-corrected chi connectivity index (χ0v) is 21.2. The molecule has 1 heterocycles. The van der Waals surface area contributed by atoms with Crippen molar-refractivity contribution in [3.8, 4) is 0 Å². The average Bonchev–Trinajstić information content (AvgIpc) is 2.86. The number of nitrogens with two attached hydrogens (primary N) is 1. The van der Waals surface area contributed by atoms with Crippen molar-refractivity contribution in [2.75, 3.05) is 13.6 Å². The number of carboxylic acid groups (broad SMARTS) is 1. The SMILES string of the molecule is C[C@H]1NC(=O)c2cccc(c2)CNC(=O)[C@H](CC(=O)O)NC(=O)CNC(=O)[C@H](CCCC(=N)N)N(C)C1=O. The van der Waals surface area contributed by atoms with Crippen molar-refractivity contribution in [1.29, 1.82) is 5.41 Å². The van der Waals surface area contributed by atoms with Crippen LogP contribution in [0.15, 0.2) is 24.3 Å². The van der Waals surface area contributed by atoms with Gasteiger partial charge in [-0.1, -0.05) is 12.1 Å². The number of carbonyl (C=O) groups excluding carboxylic acids is 5. The van der Waals surface area contributed by atoms with Crippen molar-refractivity contribution in [2.24, 2.45) is 5.73 Å². The van der Waals surface area contributed by atoms with Crippen molar-refractivity contribution in [2.45, 2.75) is 57.3 Å². The minimum atomic E-state index is -1.42. The molecule has 0 saturated heterocycles. The summed E-state index contributed by atoms with van der Waals surface area (Å²) in [5, 5.41) is 26.4. The summed E-state index contributed by atoms with van der Waals surface area (Å²) in [6.45, 7) is 0.837. The molecule has 8 N–H and O–H groups in total. The Kier molecular flexibility index (Phi) is 10.7. The van der Waals surface area contributed by atoms with Crippen LogP contribution < -0.4 is 27.0 Å². The number of amides is 5. The molecule has 1 aliphatic rings. The maximum absolute atomic E-state index is 13.1. The van der Waals surface area contributed by atoms with E-state index >= 15 is 0 Å². The topological polar surface area (TPSA) is 224 Å².